The molecule has 2 aliphatic rings. The van der Waals surface area contributed by atoms with Gasteiger partial charge in [0.2, 0.25) is 0 Å². The molecule has 11 rings (SSSR count). The lowest BCUT2D eigenvalue weighted by Crippen LogP contribution is -2.62. The predicted molar refractivity (Wildman–Crippen MR) is 228 cm³/mol. The number of para-hydroxylation sites is 1. The molecule has 0 bridgehead atoms. The largest absolute Gasteiger partial charge is 0.310 e. The number of benzene rings is 8. The van der Waals surface area contributed by atoms with Crippen molar-refractivity contribution in [2.24, 2.45) is 0 Å². The monoisotopic (exact) mass is 726 g/mol. The molecule has 3 heterocycles. The molecule has 1 spiro atoms. The summed E-state index contributed by atoms with van der Waals surface area (Å²) in [7, 11) is -1.36. The van der Waals surface area contributed by atoms with Gasteiger partial charge in [0.1, 0.15) is 0 Å². The molecule has 2 aliphatic heterocycles. The highest BCUT2D eigenvalue weighted by molar-refractivity contribution is 7.99. The van der Waals surface area contributed by atoms with E-state index in [0.717, 1.165) is 17.1 Å². The van der Waals surface area contributed by atoms with Crippen molar-refractivity contribution in [3.8, 4) is 0 Å². The fourth-order valence-corrected chi connectivity index (χ4v) is 14.2. The van der Waals surface area contributed by atoms with Crippen LogP contribution in [0.15, 0.2) is 204 Å². The van der Waals surface area contributed by atoms with Crippen LogP contribution in [0.3, 0.4) is 0 Å². The highest BCUT2D eigenvalue weighted by Gasteiger charge is 2.51. The van der Waals surface area contributed by atoms with Crippen molar-refractivity contribution in [1.82, 2.24) is 0 Å². The van der Waals surface area contributed by atoms with Crippen molar-refractivity contribution in [1.29, 1.82) is 0 Å². The van der Waals surface area contributed by atoms with E-state index in [-0.39, 0.29) is 0 Å². The van der Waals surface area contributed by atoms with Crippen molar-refractivity contribution < 1.29 is 0 Å². The van der Waals surface area contributed by atoms with Gasteiger partial charge in [0.05, 0.1) is 5.41 Å². The van der Waals surface area contributed by atoms with Crippen molar-refractivity contribution >= 4 is 84.7 Å². The molecule has 0 unspecified atom stereocenters. The fourth-order valence-electron chi connectivity index (χ4n) is 8.89. The number of fused-ring (bicyclic) bond motifs is 11. The van der Waals surface area contributed by atoms with Gasteiger partial charge >= 0.3 is 0 Å². The summed E-state index contributed by atoms with van der Waals surface area (Å²) in [6.45, 7) is 0. The highest BCUT2D eigenvalue weighted by atomic mass is 32.2. The van der Waals surface area contributed by atoms with Gasteiger partial charge in [-0.3, -0.25) is 0 Å². The third-order valence-electron chi connectivity index (χ3n) is 11.0. The van der Waals surface area contributed by atoms with E-state index in [1.165, 1.54) is 67.8 Å². The Labute approximate surface area is 319 Å². The molecule has 0 amide bonds. The summed E-state index contributed by atoms with van der Waals surface area (Å²) < 4.78 is 2.63. The quantitative estimate of drug-likeness (QED) is 0.166. The summed E-state index contributed by atoms with van der Waals surface area (Å²) in [6, 6.07) is 72.9. The smallest absolute Gasteiger partial charge is 0.155 e. The molecule has 1 aromatic heterocycles. The number of hydrogen-bond acceptors (Lipinski definition) is 3. The maximum Gasteiger partial charge on any atom is 0.155 e. The van der Waals surface area contributed by atoms with Gasteiger partial charge in [-0.15, -0.1) is 11.3 Å². The van der Waals surface area contributed by atoms with Gasteiger partial charge in [0, 0.05) is 47.0 Å². The minimum atomic E-state index is -1.36. The van der Waals surface area contributed by atoms with E-state index in [1.54, 1.807) is 0 Å². The molecule has 9 aromatic rings. The molecule has 0 fully saturated rings. The zero-order valence-electron chi connectivity index (χ0n) is 28.7. The molecule has 53 heavy (non-hydrogen) atoms. The van der Waals surface area contributed by atoms with Crippen LogP contribution in [0.2, 0.25) is 0 Å². The highest BCUT2D eigenvalue weighted by Crippen LogP contribution is 2.56. The molecular formula is C49H32NS2Si. The average molecular weight is 727 g/mol. The van der Waals surface area contributed by atoms with E-state index in [0.29, 0.717) is 0 Å². The van der Waals surface area contributed by atoms with Crippen molar-refractivity contribution in [3.05, 3.63) is 216 Å². The van der Waals surface area contributed by atoms with Gasteiger partial charge < -0.3 is 4.90 Å². The van der Waals surface area contributed by atoms with E-state index in [9.17, 15) is 0 Å². The van der Waals surface area contributed by atoms with Gasteiger partial charge in [-0.05, 0) is 93.3 Å². The van der Waals surface area contributed by atoms with E-state index in [4.69, 9.17) is 0 Å². The second-order valence-electron chi connectivity index (χ2n) is 13.8. The maximum atomic E-state index is 2.55. The molecule has 249 valence electrons. The Morgan fingerprint density at radius 2 is 0.962 bits per heavy atom. The van der Waals surface area contributed by atoms with Gasteiger partial charge in [0.15, 0.2) is 8.80 Å². The minimum absolute atomic E-state index is 0.487. The molecule has 1 nitrogen and oxygen atoms in total. The first kappa shape index (κ1) is 30.9. The van der Waals surface area contributed by atoms with Crippen molar-refractivity contribution in [2.75, 3.05) is 4.90 Å². The first-order valence-electron chi connectivity index (χ1n) is 18.1. The summed E-state index contributed by atoms with van der Waals surface area (Å²) >= 11 is 3.77. The molecular weight excluding hydrogens is 695 g/mol. The van der Waals surface area contributed by atoms with E-state index in [2.05, 4.69) is 199 Å². The second kappa shape index (κ2) is 12.2. The predicted octanol–water partition coefficient (Wildman–Crippen LogP) is 11.2. The molecule has 1 radical (unpaired) electrons. The van der Waals surface area contributed by atoms with Crippen LogP contribution in [0, 0.1) is 0 Å². The topological polar surface area (TPSA) is 3.24 Å². The van der Waals surface area contributed by atoms with E-state index >= 15 is 0 Å². The van der Waals surface area contributed by atoms with Gasteiger partial charge in [-0.2, -0.15) is 0 Å². The lowest BCUT2D eigenvalue weighted by Gasteiger charge is -2.48. The van der Waals surface area contributed by atoms with Crippen molar-refractivity contribution in [3.63, 3.8) is 0 Å². The third-order valence-corrected chi connectivity index (χ3v) is 16.2. The number of nitrogens with zero attached hydrogens (tertiary/aromatic N) is 1. The van der Waals surface area contributed by atoms with Crippen LogP contribution >= 0.6 is 23.1 Å². The zero-order valence-corrected chi connectivity index (χ0v) is 31.4. The first-order valence-corrected chi connectivity index (χ1v) is 21.2. The molecule has 4 heteroatoms. The molecule has 0 aliphatic carbocycles. The van der Waals surface area contributed by atoms with Gasteiger partial charge in [-0.25, -0.2) is 0 Å². The van der Waals surface area contributed by atoms with Crippen LogP contribution < -0.4 is 20.5 Å². The molecule has 8 aromatic carbocycles. The number of hydrogen-bond donors (Lipinski definition) is 0. The van der Waals surface area contributed by atoms with Crippen LogP contribution in [0.1, 0.15) is 22.3 Å². The molecule has 0 saturated heterocycles. The third kappa shape index (κ3) is 4.63. The van der Waals surface area contributed by atoms with Crippen LogP contribution in [0.5, 0.6) is 0 Å². The summed E-state index contributed by atoms with van der Waals surface area (Å²) in [5, 5.41) is 6.94. The minimum Gasteiger partial charge on any atom is -0.310 e. The van der Waals surface area contributed by atoms with Crippen LogP contribution in [0.25, 0.3) is 20.2 Å². The number of anilines is 3. The van der Waals surface area contributed by atoms with E-state index < -0.39 is 14.2 Å². The second-order valence-corrected chi connectivity index (χ2v) is 18.4. The number of rotatable bonds is 4. The zero-order chi connectivity index (χ0) is 34.9. The lowest BCUT2D eigenvalue weighted by atomic mass is 9.64. The Bertz CT molecular complexity index is 2800. The summed E-state index contributed by atoms with van der Waals surface area (Å²) in [5.74, 6) is 0. The van der Waals surface area contributed by atoms with Crippen LogP contribution in [-0.4, -0.2) is 8.80 Å². The van der Waals surface area contributed by atoms with Gasteiger partial charge in [0.25, 0.3) is 0 Å². The summed E-state index contributed by atoms with van der Waals surface area (Å²) in [4.78, 5) is 5.11. The van der Waals surface area contributed by atoms with E-state index in [1.807, 2.05) is 23.1 Å². The maximum absolute atomic E-state index is 2.55. The Hall–Kier alpha value is -5.65. The van der Waals surface area contributed by atoms with Crippen LogP contribution in [-0.2, 0) is 5.41 Å². The SMILES string of the molecule is c1ccc(N(c2ccc3c(c2)C2(c4ccccc4Sc4ccccc42)c2ccccc2[Si]3c2ccccc2)c2ccc3sc4ccccc4c3c2)cc1. The summed E-state index contributed by atoms with van der Waals surface area (Å²) in [6.07, 6.45) is 0. The Morgan fingerprint density at radius 3 is 1.74 bits per heavy atom. The molecule has 0 N–H and O–H groups in total. The van der Waals surface area contributed by atoms with Crippen molar-refractivity contribution in [2.45, 2.75) is 15.2 Å². The lowest BCUT2D eigenvalue weighted by molar-refractivity contribution is 0.708. The average Bonchev–Trinajstić information content (AvgIpc) is 3.60. The number of thiophene rings is 1. The Balaban J connectivity index is 1.24. The Kier molecular flexibility index (Phi) is 7.12. The normalized spacial score (nSPS) is 14.0. The van der Waals surface area contributed by atoms with Gasteiger partial charge in [-0.1, -0.05) is 150 Å². The van der Waals surface area contributed by atoms with Crippen LogP contribution in [0.4, 0.5) is 17.1 Å². The Morgan fingerprint density at radius 1 is 0.396 bits per heavy atom. The molecule has 0 atom stereocenters. The first-order chi connectivity index (χ1) is 26.3. The molecule has 0 saturated carbocycles. The fraction of sp³-hybridized carbons (Fsp3) is 0.0204. The standard InChI is InChI=1S/C49H32NS2Si/c1-3-15-33(16-4-1)50(34-27-29-44-38(31-34)37-19-7-11-23-43(37)51-44)35-28-30-48-42(32-35)49(39-20-8-12-24-45(39)52-46-25-13-9-21-40(46)49)41-22-10-14-26-47(41)53(48)36-17-5-2-6-18-36/h1-32H. The summed E-state index contributed by atoms with van der Waals surface area (Å²) in [5.41, 5.74) is 8.49.